The number of rotatable bonds is 10. The van der Waals surface area contributed by atoms with Crippen LogP contribution in [0, 0.1) is 23.2 Å². The van der Waals surface area contributed by atoms with Gasteiger partial charge in [0.25, 0.3) is 0 Å². The van der Waals surface area contributed by atoms with E-state index in [1.165, 1.54) is 0 Å². The lowest BCUT2D eigenvalue weighted by molar-refractivity contribution is -0.236. The molecule has 24 heavy (non-hydrogen) atoms. The fourth-order valence-corrected chi connectivity index (χ4v) is 3.80. The highest BCUT2D eigenvalue weighted by Crippen LogP contribution is 2.41. The Balaban J connectivity index is 2.97. The van der Waals surface area contributed by atoms with Crippen molar-refractivity contribution in [3.63, 3.8) is 0 Å². The Hall–Kier alpha value is -1.06. The smallest absolute Gasteiger partial charge is 0.326 e. The maximum atomic E-state index is 12.9. The van der Waals surface area contributed by atoms with Crippen LogP contribution < -0.4 is 0 Å². The van der Waals surface area contributed by atoms with E-state index in [2.05, 4.69) is 13.8 Å². The van der Waals surface area contributed by atoms with Crippen LogP contribution in [0.4, 0.5) is 0 Å². The van der Waals surface area contributed by atoms with Crippen molar-refractivity contribution >= 4 is 11.9 Å². The Bertz CT molecular complexity index is 384. The van der Waals surface area contributed by atoms with E-state index < -0.39 is 11.7 Å². The van der Waals surface area contributed by atoms with Crippen LogP contribution in [0.3, 0.4) is 0 Å². The molecular weight excluding hydrogens is 304 g/mol. The summed E-state index contributed by atoms with van der Waals surface area (Å²) in [7, 11) is 0. The van der Waals surface area contributed by atoms with Crippen LogP contribution in [0.25, 0.3) is 0 Å². The Morgan fingerprint density at radius 2 is 1.38 bits per heavy atom. The standard InChI is InChI=1S/C20H36O4/c1-7-9-11-16(10-8-2)17-23-18(21)20(12-14(3)4,13-15(5)6)19(22)24-17/h14-17H,7-13H2,1-6H3. The Labute approximate surface area is 147 Å². The maximum Gasteiger partial charge on any atom is 0.326 e. The zero-order chi connectivity index (χ0) is 18.3. The van der Waals surface area contributed by atoms with Crippen LogP contribution >= 0.6 is 0 Å². The van der Waals surface area contributed by atoms with E-state index in [9.17, 15) is 9.59 Å². The van der Waals surface area contributed by atoms with Crippen molar-refractivity contribution in [2.24, 2.45) is 23.2 Å². The average molecular weight is 341 g/mol. The summed E-state index contributed by atoms with van der Waals surface area (Å²) in [6.07, 6.45) is 5.24. The first kappa shape index (κ1) is 21.0. The Morgan fingerprint density at radius 1 is 0.875 bits per heavy atom. The third kappa shape index (κ3) is 5.22. The number of esters is 2. The quantitative estimate of drug-likeness (QED) is 0.410. The molecule has 0 N–H and O–H groups in total. The first-order valence-corrected chi connectivity index (χ1v) is 9.68. The number of hydrogen-bond donors (Lipinski definition) is 0. The molecule has 1 rings (SSSR count). The highest BCUT2D eigenvalue weighted by Gasteiger charge is 2.55. The van der Waals surface area contributed by atoms with Crippen molar-refractivity contribution in [1.29, 1.82) is 0 Å². The van der Waals surface area contributed by atoms with Gasteiger partial charge in [-0.2, -0.15) is 0 Å². The molecule has 4 nitrogen and oxygen atoms in total. The van der Waals surface area contributed by atoms with E-state index in [0.29, 0.717) is 12.8 Å². The largest absolute Gasteiger partial charge is 0.424 e. The first-order chi connectivity index (χ1) is 11.3. The molecule has 0 aromatic heterocycles. The van der Waals surface area contributed by atoms with Gasteiger partial charge in [-0.1, -0.05) is 60.8 Å². The van der Waals surface area contributed by atoms with Gasteiger partial charge in [0, 0.05) is 5.92 Å². The SMILES string of the molecule is CCCCC(CCC)C1OC(=O)C(CC(C)C)(CC(C)C)C(=O)O1. The highest BCUT2D eigenvalue weighted by molar-refractivity contribution is 6.01. The van der Waals surface area contributed by atoms with Crippen molar-refractivity contribution in [3.8, 4) is 0 Å². The van der Waals surface area contributed by atoms with Gasteiger partial charge in [0.15, 0.2) is 5.41 Å². The lowest BCUT2D eigenvalue weighted by atomic mass is 9.73. The topological polar surface area (TPSA) is 52.6 Å². The third-order valence-electron chi connectivity index (χ3n) is 4.71. The van der Waals surface area contributed by atoms with Crippen molar-refractivity contribution in [3.05, 3.63) is 0 Å². The van der Waals surface area contributed by atoms with Crippen molar-refractivity contribution in [2.45, 2.75) is 92.8 Å². The molecule has 0 bridgehead atoms. The number of carbonyl (C=O) groups excluding carboxylic acids is 2. The predicted octanol–water partition coefficient (Wildman–Crippen LogP) is 5.10. The zero-order valence-electron chi connectivity index (χ0n) is 16.4. The van der Waals surface area contributed by atoms with Gasteiger partial charge in [0.1, 0.15) is 0 Å². The predicted molar refractivity (Wildman–Crippen MR) is 95.2 cm³/mol. The second-order valence-electron chi connectivity index (χ2n) is 8.15. The molecule has 1 atom stereocenters. The summed E-state index contributed by atoms with van der Waals surface area (Å²) < 4.78 is 11.4. The molecule has 0 saturated carbocycles. The molecule has 0 aromatic rings. The summed E-state index contributed by atoms with van der Waals surface area (Å²) in [5.74, 6) is -0.176. The molecule has 1 aliphatic heterocycles. The number of unbranched alkanes of at least 4 members (excludes halogenated alkanes) is 1. The van der Waals surface area contributed by atoms with Crippen LogP contribution in [0.5, 0.6) is 0 Å². The van der Waals surface area contributed by atoms with Gasteiger partial charge in [-0.05, 0) is 37.5 Å². The summed E-state index contributed by atoms with van der Waals surface area (Å²) in [6.45, 7) is 12.3. The number of hydrogen-bond acceptors (Lipinski definition) is 4. The second-order valence-corrected chi connectivity index (χ2v) is 8.15. The van der Waals surface area contributed by atoms with E-state index in [0.717, 1.165) is 32.1 Å². The molecule has 0 aliphatic carbocycles. The number of cyclic esters (lactones) is 2. The number of ether oxygens (including phenoxy) is 2. The maximum absolute atomic E-state index is 12.9. The molecule has 1 fully saturated rings. The van der Waals surface area contributed by atoms with Crippen molar-refractivity contribution < 1.29 is 19.1 Å². The Kier molecular flexibility index (Phi) is 8.24. The lowest BCUT2D eigenvalue weighted by Crippen LogP contribution is -2.53. The lowest BCUT2D eigenvalue weighted by Gasteiger charge is -2.40. The zero-order valence-corrected chi connectivity index (χ0v) is 16.4. The normalized spacial score (nSPS) is 19.5. The first-order valence-electron chi connectivity index (χ1n) is 9.68. The fraction of sp³-hybridized carbons (Fsp3) is 0.900. The molecule has 0 aromatic carbocycles. The van der Waals surface area contributed by atoms with E-state index in [-0.39, 0.29) is 29.7 Å². The molecule has 140 valence electrons. The monoisotopic (exact) mass is 340 g/mol. The Morgan fingerprint density at radius 3 is 1.75 bits per heavy atom. The van der Waals surface area contributed by atoms with Gasteiger partial charge in [-0.25, -0.2) is 0 Å². The summed E-state index contributed by atoms with van der Waals surface area (Å²) >= 11 is 0. The summed E-state index contributed by atoms with van der Waals surface area (Å²) in [6, 6.07) is 0. The van der Waals surface area contributed by atoms with Gasteiger partial charge in [0.2, 0.25) is 6.29 Å². The van der Waals surface area contributed by atoms with Gasteiger partial charge >= 0.3 is 11.9 Å². The molecule has 4 heteroatoms. The van der Waals surface area contributed by atoms with E-state index in [1.54, 1.807) is 0 Å². The van der Waals surface area contributed by atoms with Gasteiger partial charge < -0.3 is 9.47 Å². The molecule has 0 spiro atoms. The third-order valence-corrected chi connectivity index (χ3v) is 4.71. The van der Waals surface area contributed by atoms with Crippen LogP contribution in [0.2, 0.25) is 0 Å². The molecule has 1 unspecified atom stereocenters. The molecule has 0 radical (unpaired) electrons. The van der Waals surface area contributed by atoms with Crippen molar-refractivity contribution in [1.82, 2.24) is 0 Å². The molecule has 1 saturated heterocycles. The van der Waals surface area contributed by atoms with Gasteiger partial charge in [-0.15, -0.1) is 0 Å². The molecule has 1 heterocycles. The second kappa shape index (κ2) is 9.43. The minimum Gasteiger partial charge on any atom is -0.424 e. The summed E-state index contributed by atoms with van der Waals surface area (Å²) in [4.78, 5) is 25.7. The van der Waals surface area contributed by atoms with Crippen LogP contribution in [0.1, 0.15) is 86.5 Å². The highest BCUT2D eigenvalue weighted by atomic mass is 16.7. The summed E-state index contributed by atoms with van der Waals surface area (Å²) in [5, 5.41) is 0. The van der Waals surface area contributed by atoms with Crippen molar-refractivity contribution in [2.75, 3.05) is 0 Å². The molecule has 0 amide bonds. The average Bonchev–Trinajstić information content (AvgIpc) is 2.47. The molecule has 1 aliphatic rings. The number of carbonyl (C=O) groups is 2. The van der Waals surface area contributed by atoms with E-state index in [4.69, 9.17) is 9.47 Å². The summed E-state index contributed by atoms with van der Waals surface area (Å²) in [5.41, 5.74) is -1.12. The van der Waals surface area contributed by atoms with Crippen LogP contribution in [-0.2, 0) is 19.1 Å². The van der Waals surface area contributed by atoms with Gasteiger partial charge in [0.05, 0.1) is 0 Å². The minimum absolute atomic E-state index is 0.110. The van der Waals surface area contributed by atoms with Gasteiger partial charge in [-0.3, -0.25) is 9.59 Å². The van der Waals surface area contributed by atoms with Crippen LogP contribution in [0.15, 0.2) is 0 Å². The fourth-order valence-electron chi connectivity index (χ4n) is 3.80. The van der Waals surface area contributed by atoms with Crippen LogP contribution in [-0.4, -0.2) is 18.2 Å². The molecular formula is C20H36O4. The van der Waals surface area contributed by atoms with E-state index in [1.807, 2.05) is 27.7 Å². The van der Waals surface area contributed by atoms with E-state index >= 15 is 0 Å². The minimum atomic E-state index is -1.12.